The molecule has 0 bridgehead atoms. The van der Waals surface area contributed by atoms with Crippen molar-refractivity contribution < 1.29 is 9.53 Å². The fraction of sp³-hybridized carbons (Fsp3) is 0.125. The number of aromatic nitrogens is 1. The lowest BCUT2D eigenvalue weighted by Crippen LogP contribution is -2.31. The Hall–Kier alpha value is -3.69. The number of nitrogens with zero attached hydrogens (tertiary/aromatic N) is 3. The molecule has 30 heavy (non-hydrogen) atoms. The summed E-state index contributed by atoms with van der Waals surface area (Å²) in [6.45, 7) is 3.84. The molecule has 0 aliphatic carbocycles. The molecule has 0 spiro atoms. The smallest absolute Gasteiger partial charge is 0.271 e. The van der Waals surface area contributed by atoms with Crippen molar-refractivity contribution >= 4 is 38.3 Å². The third-order valence-corrected chi connectivity index (χ3v) is 5.85. The third-order valence-electron chi connectivity index (χ3n) is 4.83. The molecule has 0 atom stereocenters. The van der Waals surface area contributed by atoms with Gasteiger partial charge < -0.3 is 4.74 Å². The molecular weight excluding hydrogens is 394 g/mol. The van der Waals surface area contributed by atoms with E-state index in [-0.39, 0.29) is 12.5 Å². The van der Waals surface area contributed by atoms with Crippen LogP contribution in [0.15, 0.2) is 66.7 Å². The molecule has 0 unspecified atom stereocenters. The van der Waals surface area contributed by atoms with Gasteiger partial charge in [-0.25, -0.2) is 4.98 Å². The van der Waals surface area contributed by atoms with Gasteiger partial charge in [0, 0.05) is 0 Å². The number of amides is 1. The van der Waals surface area contributed by atoms with Crippen molar-refractivity contribution in [3.63, 3.8) is 0 Å². The number of rotatable bonds is 5. The Balaban J connectivity index is 1.70. The Morgan fingerprint density at radius 1 is 1.07 bits per heavy atom. The maximum absolute atomic E-state index is 13.3. The number of hydrogen-bond acceptors (Lipinski definition) is 5. The van der Waals surface area contributed by atoms with E-state index < -0.39 is 0 Å². The minimum Gasteiger partial charge on any atom is -0.482 e. The standard InChI is InChI=1S/C24H19N3O2S/c1-16-11-12-19(13-17(16)2)27(24-26-20-8-4-6-10-22(20)30-24)23(28)15-29-21-9-5-3-7-18(21)14-25/h3-13H,15H2,1-2H3. The Morgan fingerprint density at radius 2 is 1.83 bits per heavy atom. The summed E-state index contributed by atoms with van der Waals surface area (Å²) in [5.74, 6) is 0.128. The zero-order valence-corrected chi connectivity index (χ0v) is 17.4. The first-order valence-electron chi connectivity index (χ1n) is 9.44. The van der Waals surface area contributed by atoms with E-state index in [2.05, 4.69) is 11.1 Å². The van der Waals surface area contributed by atoms with Crippen LogP contribution in [0.4, 0.5) is 10.8 Å². The van der Waals surface area contributed by atoms with Gasteiger partial charge in [0.1, 0.15) is 11.8 Å². The molecule has 3 aromatic carbocycles. The van der Waals surface area contributed by atoms with Crippen molar-refractivity contribution in [1.29, 1.82) is 5.26 Å². The summed E-state index contributed by atoms with van der Waals surface area (Å²) in [5, 5.41) is 9.84. The SMILES string of the molecule is Cc1ccc(N(C(=O)COc2ccccc2C#N)c2nc3ccccc3s2)cc1C. The number of para-hydroxylation sites is 2. The van der Waals surface area contributed by atoms with Gasteiger partial charge in [0.25, 0.3) is 5.91 Å². The van der Waals surface area contributed by atoms with Crippen LogP contribution in [0.3, 0.4) is 0 Å². The lowest BCUT2D eigenvalue weighted by Gasteiger charge is -2.21. The van der Waals surface area contributed by atoms with Crippen LogP contribution in [0.2, 0.25) is 0 Å². The van der Waals surface area contributed by atoms with E-state index in [4.69, 9.17) is 4.74 Å². The Kier molecular flexibility index (Phi) is 5.46. The number of ether oxygens (including phenoxy) is 1. The first-order valence-corrected chi connectivity index (χ1v) is 10.3. The zero-order chi connectivity index (χ0) is 21.1. The first-order chi connectivity index (χ1) is 14.6. The molecule has 0 N–H and O–H groups in total. The van der Waals surface area contributed by atoms with Gasteiger partial charge in [-0.2, -0.15) is 5.26 Å². The highest BCUT2D eigenvalue weighted by molar-refractivity contribution is 7.22. The van der Waals surface area contributed by atoms with Gasteiger partial charge in [-0.15, -0.1) is 0 Å². The lowest BCUT2D eigenvalue weighted by atomic mass is 10.1. The van der Waals surface area contributed by atoms with Gasteiger partial charge in [0.2, 0.25) is 0 Å². The number of carbonyl (C=O) groups excluding carboxylic acids is 1. The van der Waals surface area contributed by atoms with Crippen molar-refractivity contribution in [1.82, 2.24) is 4.98 Å². The normalized spacial score (nSPS) is 10.6. The monoisotopic (exact) mass is 413 g/mol. The fourth-order valence-electron chi connectivity index (χ4n) is 3.07. The summed E-state index contributed by atoms with van der Waals surface area (Å²) in [5.41, 5.74) is 4.20. The van der Waals surface area contributed by atoms with Crippen molar-refractivity contribution in [2.45, 2.75) is 13.8 Å². The van der Waals surface area contributed by atoms with E-state index in [1.807, 2.05) is 56.3 Å². The minimum absolute atomic E-state index is 0.207. The second-order valence-corrected chi connectivity index (χ2v) is 7.87. The average molecular weight is 414 g/mol. The van der Waals surface area contributed by atoms with Crippen molar-refractivity contribution in [2.75, 3.05) is 11.5 Å². The molecule has 1 amide bonds. The average Bonchev–Trinajstić information content (AvgIpc) is 3.18. The van der Waals surface area contributed by atoms with Gasteiger partial charge >= 0.3 is 0 Å². The second kappa shape index (κ2) is 8.36. The number of thiazole rings is 1. The molecule has 0 saturated heterocycles. The van der Waals surface area contributed by atoms with E-state index in [1.165, 1.54) is 11.3 Å². The maximum atomic E-state index is 13.3. The van der Waals surface area contributed by atoms with Crippen LogP contribution in [0.25, 0.3) is 10.2 Å². The van der Waals surface area contributed by atoms with Crippen molar-refractivity contribution in [3.05, 3.63) is 83.4 Å². The molecule has 0 saturated carbocycles. The summed E-state index contributed by atoms with van der Waals surface area (Å²) >= 11 is 1.45. The molecule has 4 aromatic rings. The molecule has 0 radical (unpaired) electrons. The highest BCUT2D eigenvalue weighted by Gasteiger charge is 2.23. The predicted octanol–water partition coefficient (Wildman–Crippen LogP) is 5.53. The van der Waals surface area contributed by atoms with Crippen LogP contribution in [-0.4, -0.2) is 17.5 Å². The highest BCUT2D eigenvalue weighted by atomic mass is 32.1. The Labute approximate surface area is 178 Å². The molecule has 1 aromatic heterocycles. The lowest BCUT2D eigenvalue weighted by molar-refractivity contribution is -0.119. The quantitative estimate of drug-likeness (QED) is 0.431. The summed E-state index contributed by atoms with van der Waals surface area (Å²) in [7, 11) is 0. The van der Waals surface area contributed by atoms with E-state index in [0.29, 0.717) is 16.4 Å². The summed E-state index contributed by atoms with van der Waals surface area (Å²) < 4.78 is 6.71. The number of fused-ring (bicyclic) bond motifs is 1. The van der Waals surface area contributed by atoms with E-state index in [9.17, 15) is 10.1 Å². The van der Waals surface area contributed by atoms with Gasteiger partial charge in [-0.3, -0.25) is 9.69 Å². The third kappa shape index (κ3) is 3.88. The molecule has 5 nitrogen and oxygen atoms in total. The van der Waals surface area contributed by atoms with E-state index in [0.717, 1.165) is 27.0 Å². The van der Waals surface area contributed by atoms with Crippen LogP contribution < -0.4 is 9.64 Å². The molecule has 0 fully saturated rings. The van der Waals surface area contributed by atoms with Gasteiger partial charge in [0.15, 0.2) is 11.7 Å². The molecule has 0 aliphatic rings. The zero-order valence-electron chi connectivity index (χ0n) is 16.6. The van der Waals surface area contributed by atoms with Gasteiger partial charge in [-0.05, 0) is 61.4 Å². The molecule has 0 aliphatic heterocycles. The molecule has 1 heterocycles. The molecule has 4 rings (SSSR count). The van der Waals surface area contributed by atoms with E-state index >= 15 is 0 Å². The highest BCUT2D eigenvalue weighted by Crippen LogP contribution is 2.34. The van der Waals surface area contributed by atoms with Crippen LogP contribution >= 0.6 is 11.3 Å². The molecule has 148 valence electrons. The summed E-state index contributed by atoms with van der Waals surface area (Å²) in [4.78, 5) is 19.5. The summed E-state index contributed by atoms with van der Waals surface area (Å²) in [6.07, 6.45) is 0. The van der Waals surface area contributed by atoms with Gasteiger partial charge in [-0.1, -0.05) is 41.7 Å². The number of benzene rings is 3. The van der Waals surface area contributed by atoms with Crippen molar-refractivity contribution in [3.8, 4) is 11.8 Å². The number of aryl methyl sites for hydroxylation is 2. The predicted molar refractivity (Wildman–Crippen MR) is 119 cm³/mol. The topological polar surface area (TPSA) is 66.2 Å². The summed E-state index contributed by atoms with van der Waals surface area (Å²) in [6, 6.07) is 22.6. The number of anilines is 2. The molecule has 6 heteroatoms. The van der Waals surface area contributed by atoms with Crippen molar-refractivity contribution in [2.24, 2.45) is 0 Å². The van der Waals surface area contributed by atoms with Gasteiger partial charge in [0.05, 0.1) is 21.5 Å². The van der Waals surface area contributed by atoms with Crippen LogP contribution in [-0.2, 0) is 4.79 Å². The largest absolute Gasteiger partial charge is 0.482 e. The van der Waals surface area contributed by atoms with Crippen LogP contribution in [0, 0.1) is 25.2 Å². The Morgan fingerprint density at radius 3 is 2.60 bits per heavy atom. The molecular formula is C24H19N3O2S. The minimum atomic E-state index is -0.259. The number of nitriles is 1. The first kappa shape index (κ1) is 19.6. The Bertz CT molecular complexity index is 1240. The van der Waals surface area contributed by atoms with Crippen LogP contribution in [0.5, 0.6) is 5.75 Å². The second-order valence-electron chi connectivity index (χ2n) is 6.86. The van der Waals surface area contributed by atoms with E-state index in [1.54, 1.807) is 29.2 Å². The number of carbonyl (C=O) groups is 1. The number of hydrogen-bond donors (Lipinski definition) is 0. The fourth-order valence-corrected chi connectivity index (χ4v) is 4.07. The van der Waals surface area contributed by atoms with Crippen LogP contribution in [0.1, 0.15) is 16.7 Å². The maximum Gasteiger partial charge on any atom is 0.271 e.